The maximum Gasteiger partial charge on any atom is 0.251 e. The molecule has 0 unspecified atom stereocenters. The van der Waals surface area contributed by atoms with Crippen molar-refractivity contribution < 1.29 is 22.7 Å². The number of rotatable bonds is 14. The Balaban J connectivity index is 1.81. The summed E-state index contributed by atoms with van der Waals surface area (Å²) in [6.07, 6.45) is 4.60. The Hall–Kier alpha value is -2.42. The van der Waals surface area contributed by atoms with Gasteiger partial charge in [-0.2, -0.15) is 0 Å². The molecular formula is C23H32N2O5S. The lowest BCUT2D eigenvalue weighted by atomic mass is 10.2. The van der Waals surface area contributed by atoms with Crippen LogP contribution in [0.1, 0.15) is 48.5 Å². The predicted molar refractivity (Wildman–Crippen MR) is 121 cm³/mol. The summed E-state index contributed by atoms with van der Waals surface area (Å²) >= 11 is 0. The standard InChI is InChI=1S/C23H32N2O5S/c1-3-4-5-6-16-30-21-11-9-20(10-12-21)23(26)24-18-19-7-13-22(14-8-19)31(27,28)25-15-17-29-2/h7-14,25H,3-6,15-18H2,1-2H3,(H,24,26). The largest absolute Gasteiger partial charge is 0.494 e. The number of carbonyl (C=O) groups is 1. The van der Waals surface area contributed by atoms with E-state index in [-0.39, 0.29) is 17.3 Å². The Kier molecular flexibility index (Phi) is 10.5. The van der Waals surface area contributed by atoms with E-state index in [1.165, 1.54) is 32.1 Å². The number of benzene rings is 2. The molecule has 170 valence electrons. The molecule has 2 aromatic rings. The van der Waals surface area contributed by atoms with Crippen molar-refractivity contribution in [3.05, 3.63) is 59.7 Å². The molecule has 0 atom stereocenters. The number of unbranched alkanes of at least 4 members (excludes halogenated alkanes) is 3. The molecule has 1 amide bonds. The van der Waals surface area contributed by atoms with E-state index < -0.39 is 10.0 Å². The molecule has 2 aromatic carbocycles. The molecule has 8 heteroatoms. The predicted octanol–water partition coefficient (Wildman–Crippen LogP) is 3.50. The Morgan fingerprint density at radius 1 is 0.935 bits per heavy atom. The van der Waals surface area contributed by atoms with Gasteiger partial charge in [-0.3, -0.25) is 4.79 Å². The quantitative estimate of drug-likeness (QED) is 0.432. The highest BCUT2D eigenvalue weighted by atomic mass is 32.2. The SMILES string of the molecule is CCCCCCOc1ccc(C(=O)NCc2ccc(S(=O)(=O)NCCOC)cc2)cc1. The molecule has 0 aromatic heterocycles. The fraction of sp³-hybridized carbons (Fsp3) is 0.435. The molecule has 0 aliphatic carbocycles. The summed E-state index contributed by atoms with van der Waals surface area (Å²) in [5, 5.41) is 2.84. The summed E-state index contributed by atoms with van der Waals surface area (Å²) in [6.45, 7) is 3.66. The van der Waals surface area contributed by atoms with Crippen molar-refractivity contribution in [2.45, 2.75) is 44.0 Å². The van der Waals surface area contributed by atoms with Crippen molar-refractivity contribution in [1.29, 1.82) is 0 Å². The molecular weight excluding hydrogens is 416 g/mol. The number of amides is 1. The van der Waals surface area contributed by atoms with E-state index in [2.05, 4.69) is 17.0 Å². The van der Waals surface area contributed by atoms with E-state index in [0.717, 1.165) is 24.2 Å². The zero-order valence-electron chi connectivity index (χ0n) is 18.2. The van der Waals surface area contributed by atoms with Crippen molar-refractivity contribution in [3.8, 4) is 5.75 Å². The first-order chi connectivity index (χ1) is 15.0. The van der Waals surface area contributed by atoms with Crippen LogP contribution in [0.25, 0.3) is 0 Å². The number of carbonyl (C=O) groups excluding carboxylic acids is 1. The second-order valence-corrected chi connectivity index (χ2v) is 8.92. The van der Waals surface area contributed by atoms with Gasteiger partial charge in [0.15, 0.2) is 0 Å². The summed E-state index contributed by atoms with van der Waals surface area (Å²) in [5.41, 5.74) is 1.34. The molecule has 0 fully saturated rings. The fourth-order valence-electron chi connectivity index (χ4n) is 2.85. The molecule has 2 rings (SSSR count). The molecule has 0 saturated heterocycles. The van der Waals surface area contributed by atoms with E-state index in [9.17, 15) is 13.2 Å². The third kappa shape index (κ3) is 8.69. The van der Waals surface area contributed by atoms with Gasteiger partial charge >= 0.3 is 0 Å². The Labute approximate surface area is 185 Å². The van der Waals surface area contributed by atoms with Crippen molar-refractivity contribution >= 4 is 15.9 Å². The lowest BCUT2D eigenvalue weighted by Gasteiger charge is -2.09. The molecule has 0 saturated carbocycles. The molecule has 0 heterocycles. The Bertz CT molecular complexity index is 897. The number of methoxy groups -OCH3 is 1. The van der Waals surface area contributed by atoms with Gasteiger partial charge in [0, 0.05) is 25.8 Å². The molecule has 7 nitrogen and oxygen atoms in total. The van der Waals surface area contributed by atoms with E-state index in [1.807, 2.05) is 0 Å². The number of ether oxygens (including phenoxy) is 2. The van der Waals surface area contributed by atoms with Gasteiger partial charge in [-0.1, -0.05) is 38.3 Å². The fourth-order valence-corrected chi connectivity index (χ4v) is 3.87. The second-order valence-electron chi connectivity index (χ2n) is 7.15. The van der Waals surface area contributed by atoms with Gasteiger partial charge in [0.05, 0.1) is 18.1 Å². The van der Waals surface area contributed by atoms with E-state index in [4.69, 9.17) is 9.47 Å². The van der Waals surface area contributed by atoms with Crippen LogP contribution >= 0.6 is 0 Å². The zero-order chi connectivity index (χ0) is 22.5. The monoisotopic (exact) mass is 448 g/mol. The first-order valence-electron chi connectivity index (χ1n) is 10.5. The summed E-state index contributed by atoms with van der Waals surface area (Å²) in [4.78, 5) is 12.5. The average Bonchev–Trinajstić information content (AvgIpc) is 2.78. The summed E-state index contributed by atoms with van der Waals surface area (Å²) in [6, 6.07) is 13.5. The van der Waals surface area contributed by atoms with Crippen LogP contribution in [0.3, 0.4) is 0 Å². The van der Waals surface area contributed by atoms with Crippen LogP contribution in [0.4, 0.5) is 0 Å². The van der Waals surface area contributed by atoms with Crippen LogP contribution in [-0.2, 0) is 21.3 Å². The number of sulfonamides is 1. The zero-order valence-corrected chi connectivity index (χ0v) is 19.0. The lowest BCUT2D eigenvalue weighted by Crippen LogP contribution is -2.27. The maximum absolute atomic E-state index is 12.4. The molecule has 2 N–H and O–H groups in total. The smallest absolute Gasteiger partial charge is 0.251 e. The van der Waals surface area contributed by atoms with Gasteiger partial charge in [-0.25, -0.2) is 13.1 Å². The first kappa shape index (κ1) is 24.8. The van der Waals surface area contributed by atoms with Crippen LogP contribution in [0.2, 0.25) is 0 Å². The van der Waals surface area contributed by atoms with Gasteiger partial charge in [0.1, 0.15) is 5.75 Å². The number of hydrogen-bond donors (Lipinski definition) is 2. The molecule has 0 aliphatic rings. The highest BCUT2D eigenvalue weighted by Gasteiger charge is 2.13. The minimum atomic E-state index is -3.57. The topological polar surface area (TPSA) is 93.7 Å². The van der Waals surface area contributed by atoms with Gasteiger partial charge in [-0.15, -0.1) is 0 Å². The third-order valence-corrected chi connectivity index (χ3v) is 6.15. The number of nitrogens with one attached hydrogen (secondary N) is 2. The lowest BCUT2D eigenvalue weighted by molar-refractivity contribution is 0.0951. The highest BCUT2D eigenvalue weighted by molar-refractivity contribution is 7.89. The van der Waals surface area contributed by atoms with Gasteiger partial charge in [0.25, 0.3) is 5.91 Å². The Morgan fingerprint density at radius 2 is 1.65 bits per heavy atom. The first-order valence-corrected chi connectivity index (χ1v) is 12.0. The van der Waals surface area contributed by atoms with Crippen molar-refractivity contribution in [3.63, 3.8) is 0 Å². The van der Waals surface area contributed by atoms with E-state index in [1.54, 1.807) is 36.4 Å². The van der Waals surface area contributed by atoms with Gasteiger partial charge < -0.3 is 14.8 Å². The van der Waals surface area contributed by atoms with E-state index >= 15 is 0 Å². The third-order valence-electron chi connectivity index (χ3n) is 4.67. The summed E-state index contributed by atoms with van der Waals surface area (Å²) < 4.78 is 37.3. The average molecular weight is 449 g/mol. The summed E-state index contributed by atoms with van der Waals surface area (Å²) in [7, 11) is -2.06. The molecule has 0 spiro atoms. The minimum absolute atomic E-state index is 0.170. The normalized spacial score (nSPS) is 11.3. The van der Waals surface area contributed by atoms with Crippen molar-refractivity contribution in [2.24, 2.45) is 0 Å². The molecule has 0 bridgehead atoms. The van der Waals surface area contributed by atoms with Crippen LogP contribution in [0.15, 0.2) is 53.4 Å². The van der Waals surface area contributed by atoms with Crippen LogP contribution in [0, 0.1) is 0 Å². The number of hydrogen-bond acceptors (Lipinski definition) is 5. The van der Waals surface area contributed by atoms with Crippen LogP contribution in [0.5, 0.6) is 5.75 Å². The van der Waals surface area contributed by atoms with E-state index in [0.29, 0.717) is 25.3 Å². The summed E-state index contributed by atoms with van der Waals surface area (Å²) in [5.74, 6) is 0.552. The highest BCUT2D eigenvalue weighted by Crippen LogP contribution is 2.14. The molecule has 31 heavy (non-hydrogen) atoms. The minimum Gasteiger partial charge on any atom is -0.494 e. The molecule has 0 aliphatic heterocycles. The van der Waals surface area contributed by atoms with Gasteiger partial charge in [-0.05, 0) is 48.4 Å². The van der Waals surface area contributed by atoms with Crippen LogP contribution < -0.4 is 14.8 Å². The van der Waals surface area contributed by atoms with Crippen molar-refractivity contribution in [2.75, 3.05) is 26.9 Å². The van der Waals surface area contributed by atoms with Crippen LogP contribution in [-0.4, -0.2) is 41.2 Å². The van der Waals surface area contributed by atoms with Gasteiger partial charge in [0.2, 0.25) is 10.0 Å². The second kappa shape index (κ2) is 13.1. The maximum atomic E-state index is 12.4. The molecule has 0 radical (unpaired) electrons. The Morgan fingerprint density at radius 3 is 2.29 bits per heavy atom. The van der Waals surface area contributed by atoms with Crippen molar-refractivity contribution in [1.82, 2.24) is 10.0 Å².